The van der Waals surface area contributed by atoms with Crippen molar-refractivity contribution in [3.8, 4) is 17.4 Å². The van der Waals surface area contributed by atoms with Crippen LogP contribution in [0.4, 0.5) is 5.69 Å². The summed E-state index contributed by atoms with van der Waals surface area (Å²) in [6.07, 6.45) is 3.69. The molecule has 0 atom stereocenters. The largest absolute Gasteiger partial charge is 0.467 e. The molecule has 8 heteroatoms. The molecule has 0 aromatic carbocycles. The summed E-state index contributed by atoms with van der Waals surface area (Å²) >= 11 is 0. The van der Waals surface area contributed by atoms with Gasteiger partial charge >= 0.3 is 6.01 Å². The van der Waals surface area contributed by atoms with Gasteiger partial charge in [0.15, 0.2) is 0 Å². The maximum absolute atomic E-state index is 5.27. The van der Waals surface area contributed by atoms with Crippen molar-refractivity contribution in [1.82, 2.24) is 25.4 Å². The van der Waals surface area contributed by atoms with Gasteiger partial charge in [0.25, 0.3) is 0 Å². The van der Waals surface area contributed by atoms with Gasteiger partial charge in [-0.15, -0.1) is 5.10 Å². The van der Waals surface area contributed by atoms with Crippen molar-refractivity contribution in [2.75, 3.05) is 32.2 Å². The van der Waals surface area contributed by atoms with Gasteiger partial charge in [-0.2, -0.15) is 4.98 Å². The van der Waals surface area contributed by atoms with Crippen LogP contribution in [0.3, 0.4) is 0 Å². The Hall–Kier alpha value is -2.22. The third kappa shape index (κ3) is 2.10. The van der Waals surface area contributed by atoms with Gasteiger partial charge in [-0.3, -0.25) is 5.10 Å². The van der Waals surface area contributed by atoms with Crippen molar-refractivity contribution in [2.24, 2.45) is 0 Å². The number of nitrogens with one attached hydrogen (secondary N) is 1. The Morgan fingerprint density at radius 3 is 2.84 bits per heavy atom. The van der Waals surface area contributed by atoms with E-state index in [1.165, 1.54) is 7.11 Å². The van der Waals surface area contributed by atoms with Crippen LogP contribution in [-0.2, 0) is 4.74 Å². The van der Waals surface area contributed by atoms with Crippen LogP contribution in [0, 0.1) is 0 Å². The Labute approximate surface area is 109 Å². The highest BCUT2D eigenvalue weighted by Gasteiger charge is 2.30. The van der Waals surface area contributed by atoms with Gasteiger partial charge in [0, 0.05) is 20.2 Å². The number of nitrogens with zero attached hydrogens (tertiary/aromatic N) is 5. The minimum absolute atomic E-state index is 0.257. The summed E-state index contributed by atoms with van der Waals surface area (Å²) in [5, 5.41) is 10.4. The predicted molar refractivity (Wildman–Crippen MR) is 67.0 cm³/mol. The molecule has 1 saturated heterocycles. The first-order chi connectivity index (χ1) is 9.31. The summed E-state index contributed by atoms with van der Waals surface area (Å²) in [5.41, 5.74) is 2.27. The van der Waals surface area contributed by atoms with Crippen molar-refractivity contribution in [3.63, 3.8) is 0 Å². The fourth-order valence-electron chi connectivity index (χ4n) is 1.98. The minimum atomic E-state index is 0.257. The SMILES string of the molecule is COc1ncc(N2CC(OC)C2)c(-c2c[nH]nn2)n1. The van der Waals surface area contributed by atoms with E-state index in [1.54, 1.807) is 19.5 Å². The van der Waals surface area contributed by atoms with Gasteiger partial charge < -0.3 is 14.4 Å². The Bertz CT molecular complexity index is 552. The Kier molecular flexibility index (Phi) is 3.00. The van der Waals surface area contributed by atoms with E-state index in [4.69, 9.17) is 9.47 Å². The quantitative estimate of drug-likeness (QED) is 0.836. The zero-order valence-corrected chi connectivity index (χ0v) is 10.7. The summed E-state index contributed by atoms with van der Waals surface area (Å²) in [7, 11) is 3.25. The van der Waals surface area contributed by atoms with Crippen molar-refractivity contribution in [1.29, 1.82) is 0 Å². The third-order valence-electron chi connectivity index (χ3n) is 3.11. The van der Waals surface area contributed by atoms with Gasteiger partial charge in [-0.25, -0.2) is 4.98 Å². The van der Waals surface area contributed by atoms with E-state index in [-0.39, 0.29) is 6.10 Å². The standard InChI is InChI=1S/C11H14N6O2/c1-18-7-5-17(6-7)9-4-12-11(19-2)14-10(9)8-3-13-16-15-8/h3-4,7H,5-6H2,1-2H3,(H,13,15,16). The van der Waals surface area contributed by atoms with Gasteiger partial charge in [0.1, 0.15) is 11.4 Å². The first-order valence-electron chi connectivity index (χ1n) is 5.87. The van der Waals surface area contributed by atoms with Crippen molar-refractivity contribution >= 4 is 5.69 Å². The molecule has 19 heavy (non-hydrogen) atoms. The molecular weight excluding hydrogens is 248 g/mol. The number of ether oxygens (including phenoxy) is 2. The number of H-pyrrole nitrogens is 1. The minimum Gasteiger partial charge on any atom is -0.467 e. The summed E-state index contributed by atoms with van der Waals surface area (Å²) in [6.45, 7) is 1.63. The van der Waals surface area contributed by atoms with E-state index in [0.29, 0.717) is 17.4 Å². The number of rotatable bonds is 4. The molecule has 0 bridgehead atoms. The highest BCUT2D eigenvalue weighted by atomic mass is 16.5. The Balaban J connectivity index is 1.95. The van der Waals surface area contributed by atoms with E-state index < -0.39 is 0 Å². The molecule has 1 aliphatic heterocycles. The molecule has 3 heterocycles. The van der Waals surface area contributed by atoms with Gasteiger partial charge in [-0.05, 0) is 0 Å². The zero-order chi connectivity index (χ0) is 13.2. The highest BCUT2D eigenvalue weighted by Crippen LogP contribution is 2.31. The fraction of sp³-hybridized carbons (Fsp3) is 0.455. The van der Waals surface area contributed by atoms with Crippen LogP contribution >= 0.6 is 0 Å². The molecule has 0 aliphatic carbocycles. The fourth-order valence-corrected chi connectivity index (χ4v) is 1.98. The molecule has 1 aliphatic rings. The zero-order valence-electron chi connectivity index (χ0n) is 10.7. The summed E-state index contributed by atoms with van der Waals surface area (Å²) in [6, 6.07) is 0.311. The van der Waals surface area contributed by atoms with Crippen LogP contribution in [-0.4, -0.2) is 58.8 Å². The van der Waals surface area contributed by atoms with Gasteiger partial charge in [-0.1, -0.05) is 5.21 Å². The van der Waals surface area contributed by atoms with Crippen LogP contribution in [0.15, 0.2) is 12.4 Å². The number of hydrogen-bond donors (Lipinski definition) is 1. The lowest BCUT2D eigenvalue weighted by molar-refractivity contribution is 0.0787. The third-order valence-corrected chi connectivity index (χ3v) is 3.11. The maximum atomic E-state index is 5.27. The van der Waals surface area contributed by atoms with Crippen molar-refractivity contribution in [2.45, 2.75) is 6.10 Å². The number of aromatic amines is 1. The smallest absolute Gasteiger partial charge is 0.316 e. The molecule has 0 spiro atoms. The van der Waals surface area contributed by atoms with Crippen LogP contribution in [0.25, 0.3) is 11.4 Å². The van der Waals surface area contributed by atoms with Crippen LogP contribution in [0.5, 0.6) is 6.01 Å². The summed E-state index contributed by atoms with van der Waals surface area (Å²) in [4.78, 5) is 10.6. The molecule has 0 saturated carbocycles. The molecule has 3 rings (SSSR count). The van der Waals surface area contributed by atoms with Crippen molar-refractivity contribution in [3.05, 3.63) is 12.4 Å². The monoisotopic (exact) mass is 262 g/mol. The second-order valence-corrected chi connectivity index (χ2v) is 4.21. The summed E-state index contributed by atoms with van der Waals surface area (Å²) in [5.74, 6) is 0. The average molecular weight is 262 g/mol. The molecular formula is C11H14N6O2. The lowest BCUT2D eigenvalue weighted by Gasteiger charge is -2.40. The highest BCUT2D eigenvalue weighted by molar-refractivity contribution is 5.72. The molecule has 2 aromatic heterocycles. The van der Waals surface area contributed by atoms with E-state index in [0.717, 1.165) is 18.8 Å². The number of aromatic nitrogens is 5. The molecule has 0 radical (unpaired) electrons. The second-order valence-electron chi connectivity index (χ2n) is 4.21. The summed E-state index contributed by atoms with van der Waals surface area (Å²) < 4.78 is 10.3. The Morgan fingerprint density at radius 2 is 2.21 bits per heavy atom. The van der Waals surface area contributed by atoms with E-state index in [1.807, 2.05) is 0 Å². The van der Waals surface area contributed by atoms with Gasteiger partial charge in [0.05, 0.1) is 31.3 Å². The number of methoxy groups -OCH3 is 2. The van der Waals surface area contributed by atoms with Crippen LogP contribution < -0.4 is 9.64 Å². The van der Waals surface area contributed by atoms with Crippen LogP contribution in [0.1, 0.15) is 0 Å². The lowest BCUT2D eigenvalue weighted by Crippen LogP contribution is -2.52. The molecule has 1 fully saturated rings. The normalized spacial score (nSPS) is 15.4. The molecule has 2 aromatic rings. The van der Waals surface area contributed by atoms with E-state index >= 15 is 0 Å². The molecule has 0 amide bonds. The molecule has 0 unspecified atom stereocenters. The molecule has 1 N–H and O–H groups in total. The van der Waals surface area contributed by atoms with E-state index in [9.17, 15) is 0 Å². The molecule has 100 valence electrons. The first-order valence-corrected chi connectivity index (χ1v) is 5.87. The van der Waals surface area contributed by atoms with Gasteiger partial charge in [0.2, 0.25) is 0 Å². The predicted octanol–water partition coefficient (Wildman–Crippen LogP) is 0.105. The number of anilines is 1. The Morgan fingerprint density at radius 1 is 1.37 bits per heavy atom. The molecule has 8 nitrogen and oxygen atoms in total. The lowest BCUT2D eigenvalue weighted by atomic mass is 10.1. The first kappa shape index (κ1) is 11.8. The topological polar surface area (TPSA) is 89.0 Å². The van der Waals surface area contributed by atoms with Crippen molar-refractivity contribution < 1.29 is 9.47 Å². The van der Waals surface area contributed by atoms with E-state index in [2.05, 4.69) is 30.3 Å². The maximum Gasteiger partial charge on any atom is 0.316 e. The number of hydrogen-bond acceptors (Lipinski definition) is 7. The second kappa shape index (κ2) is 4.81. The van der Waals surface area contributed by atoms with Crippen LogP contribution in [0.2, 0.25) is 0 Å². The average Bonchev–Trinajstić information content (AvgIpc) is 2.91.